The lowest BCUT2D eigenvalue weighted by atomic mass is 10.1. The SMILES string of the molecule is CN(C(=O)c1coc2ccccc12)c1ccc(CN)cc1. The van der Waals surface area contributed by atoms with E-state index in [0.717, 1.165) is 16.6 Å². The fraction of sp³-hybridized carbons (Fsp3) is 0.118. The molecule has 0 aliphatic rings. The van der Waals surface area contributed by atoms with Crippen LogP contribution < -0.4 is 10.6 Å². The van der Waals surface area contributed by atoms with Crippen LogP contribution in [0.4, 0.5) is 5.69 Å². The van der Waals surface area contributed by atoms with Crippen molar-refractivity contribution in [3.8, 4) is 0 Å². The molecule has 4 nitrogen and oxygen atoms in total. The van der Waals surface area contributed by atoms with Crippen LogP contribution in [0.1, 0.15) is 15.9 Å². The molecular weight excluding hydrogens is 264 g/mol. The van der Waals surface area contributed by atoms with Gasteiger partial charge in [-0.05, 0) is 23.8 Å². The number of rotatable bonds is 3. The number of furan rings is 1. The summed E-state index contributed by atoms with van der Waals surface area (Å²) in [6.07, 6.45) is 1.51. The highest BCUT2D eigenvalue weighted by molar-refractivity contribution is 6.13. The van der Waals surface area contributed by atoms with Gasteiger partial charge in [-0.1, -0.05) is 30.3 Å². The molecule has 4 heteroatoms. The summed E-state index contributed by atoms with van der Waals surface area (Å²) in [6.45, 7) is 0.490. The molecule has 0 spiro atoms. The summed E-state index contributed by atoms with van der Waals surface area (Å²) < 4.78 is 5.43. The Morgan fingerprint density at radius 1 is 1.14 bits per heavy atom. The third-order valence-corrected chi connectivity index (χ3v) is 3.58. The molecule has 0 atom stereocenters. The number of hydrogen-bond acceptors (Lipinski definition) is 3. The predicted octanol–water partition coefficient (Wildman–Crippen LogP) is 3.17. The quantitative estimate of drug-likeness (QED) is 0.801. The van der Waals surface area contributed by atoms with Crippen molar-refractivity contribution in [3.05, 3.63) is 65.9 Å². The van der Waals surface area contributed by atoms with E-state index < -0.39 is 0 Å². The van der Waals surface area contributed by atoms with Gasteiger partial charge in [0.2, 0.25) is 0 Å². The summed E-state index contributed by atoms with van der Waals surface area (Å²) in [5, 5.41) is 0.827. The maximum atomic E-state index is 12.6. The first-order valence-electron chi connectivity index (χ1n) is 6.74. The van der Waals surface area contributed by atoms with E-state index in [1.54, 1.807) is 11.9 Å². The summed E-state index contributed by atoms with van der Waals surface area (Å²) >= 11 is 0. The molecule has 106 valence electrons. The van der Waals surface area contributed by atoms with Gasteiger partial charge in [0.25, 0.3) is 5.91 Å². The predicted molar refractivity (Wildman–Crippen MR) is 83.3 cm³/mol. The first-order chi connectivity index (χ1) is 10.2. The molecule has 0 bridgehead atoms. The van der Waals surface area contributed by atoms with Gasteiger partial charge in [0, 0.05) is 24.7 Å². The molecule has 2 aromatic carbocycles. The van der Waals surface area contributed by atoms with Crippen LogP contribution in [0.2, 0.25) is 0 Å². The number of nitrogens with two attached hydrogens (primary N) is 1. The summed E-state index contributed by atoms with van der Waals surface area (Å²) in [7, 11) is 1.75. The van der Waals surface area contributed by atoms with E-state index in [1.807, 2.05) is 48.5 Å². The first kappa shape index (κ1) is 13.4. The molecular formula is C17H16N2O2. The molecule has 1 aromatic heterocycles. The van der Waals surface area contributed by atoms with Crippen molar-refractivity contribution < 1.29 is 9.21 Å². The summed E-state index contributed by atoms with van der Waals surface area (Å²) in [5.74, 6) is -0.0968. The van der Waals surface area contributed by atoms with E-state index in [9.17, 15) is 4.79 Å². The highest BCUT2D eigenvalue weighted by atomic mass is 16.3. The van der Waals surface area contributed by atoms with Crippen molar-refractivity contribution in [1.82, 2.24) is 0 Å². The minimum absolute atomic E-state index is 0.0968. The number of nitrogens with zero attached hydrogens (tertiary/aromatic N) is 1. The van der Waals surface area contributed by atoms with Crippen LogP contribution in [0.5, 0.6) is 0 Å². The van der Waals surface area contributed by atoms with E-state index in [0.29, 0.717) is 17.7 Å². The average molecular weight is 280 g/mol. The molecule has 3 aromatic rings. The van der Waals surface area contributed by atoms with E-state index in [-0.39, 0.29) is 5.91 Å². The van der Waals surface area contributed by atoms with Gasteiger partial charge in [-0.25, -0.2) is 0 Å². The second-order valence-corrected chi connectivity index (χ2v) is 4.88. The normalized spacial score (nSPS) is 10.8. The molecule has 1 heterocycles. The number of amides is 1. The second-order valence-electron chi connectivity index (χ2n) is 4.88. The standard InChI is InChI=1S/C17H16N2O2/c1-19(13-8-6-12(10-18)7-9-13)17(20)15-11-21-16-5-3-2-4-14(15)16/h2-9,11H,10,18H2,1H3. The minimum Gasteiger partial charge on any atom is -0.463 e. The molecule has 0 aliphatic carbocycles. The fourth-order valence-electron chi connectivity index (χ4n) is 2.30. The highest BCUT2D eigenvalue weighted by Crippen LogP contribution is 2.24. The molecule has 0 saturated carbocycles. The minimum atomic E-state index is -0.0968. The van der Waals surface area contributed by atoms with Crippen molar-refractivity contribution in [2.24, 2.45) is 5.73 Å². The summed E-state index contributed by atoms with van der Waals surface area (Å²) in [4.78, 5) is 14.2. The van der Waals surface area contributed by atoms with Crippen molar-refractivity contribution in [3.63, 3.8) is 0 Å². The fourth-order valence-corrected chi connectivity index (χ4v) is 2.30. The highest BCUT2D eigenvalue weighted by Gasteiger charge is 2.18. The maximum Gasteiger partial charge on any atom is 0.261 e. The first-order valence-corrected chi connectivity index (χ1v) is 6.74. The van der Waals surface area contributed by atoms with Crippen molar-refractivity contribution in [1.29, 1.82) is 0 Å². The van der Waals surface area contributed by atoms with E-state index in [1.165, 1.54) is 6.26 Å². The zero-order chi connectivity index (χ0) is 14.8. The lowest BCUT2D eigenvalue weighted by Gasteiger charge is -2.17. The van der Waals surface area contributed by atoms with Crippen molar-refractivity contribution in [2.75, 3.05) is 11.9 Å². The molecule has 3 rings (SSSR count). The third-order valence-electron chi connectivity index (χ3n) is 3.58. The lowest BCUT2D eigenvalue weighted by Crippen LogP contribution is -2.25. The van der Waals surface area contributed by atoms with Crippen molar-refractivity contribution >= 4 is 22.6 Å². The van der Waals surface area contributed by atoms with Gasteiger partial charge < -0.3 is 15.1 Å². The summed E-state index contributed by atoms with van der Waals surface area (Å²) in [6, 6.07) is 15.1. The Bertz CT molecular complexity index is 775. The van der Waals surface area contributed by atoms with Gasteiger partial charge in [-0.3, -0.25) is 4.79 Å². The van der Waals surface area contributed by atoms with Gasteiger partial charge in [0.05, 0.1) is 5.56 Å². The molecule has 0 fully saturated rings. The molecule has 0 saturated heterocycles. The monoisotopic (exact) mass is 280 g/mol. The number of fused-ring (bicyclic) bond motifs is 1. The van der Waals surface area contributed by atoms with Crippen LogP contribution in [0, 0.1) is 0 Å². The molecule has 0 radical (unpaired) electrons. The molecule has 2 N–H and O–H groups in total. The second kappa shape index (κ2) is 5.42. The van der Waals surface area contributed by atoms with Crippen molar-refractivity contribution in [2.45, 2.75) is 6.54 Å². The van der Waals surface area contributed by atoms with Crippen LogP contribution >= 0.6 is 0 Å². The van der Waals surface area contributed by atoms with Crippen LogP contribution in [0.25, 0.3) is 11.0 Å². The van der Waals surface area contributed by atoms with Crippen LogP contribution in [0.3, 0.4) is 0 Å². The molecule has 21 heavy (non-hydrogen) atoms. The number of hydrogen-bond donors (Lipinski definition) is 1. The Kier molecular flexibility index (Phi) is 3.46. The number of carbonyl (C=O) groups is 1. The third kappa shape index (κ3) is 2.41. The Morgan fingerprint density at radius 2 is 1.86 bits per heavy atom. The van der Waals surface area contributed by atoms with E-state index >= 15 is 0 Å². The Morgan fingerprint density at radius 3 is 2.57 bits per heavy atom. The van der Waals surface area contributed by atoms with E-state index in [2.05, 4.69) is 0 Å². The zero-order valence-electron chi connectivity index (χ0n) is 11.7. The Labute approximate surface area is 122 Å². The lowest BCUT2D eigenvalue weighted by molar-refractivity contribution is 0.0994. The zero-order valence-corrected chi connectivity index (χ0v) is 11.7. The van der Waals surface area contributed by atoms with Gasteiger partial charge in [0.1, 0.15) is 11.8 Å². The molecule has 0 aliphatic heterocycles. The topological polar surface area (TPSA) is 59.5 Å². The van der Waals surface area contributed by atoms with Crippen LogP contribution in [-0.2, 0) is 6.54 Å². The smallest absolute Gasteiger partial charge is 0.261 e. The van der Waals surface area contributed by atoms with E-state index in [4.69, 9.17) is 10.2 Å². The number of anilines is 1. The van der Waals surface area contributed by atoms with Crippen LogP contribution in [-0.4, -0.2) is 13.0 Å². The summed E-state index contributed by atoms with van der Waals surface area (Å²) in [5.41, 5.74) is 8.72. The number of carbonyl (C=O) groups excluding carboxylic acids is 1. The molecule has 0 unspecified atom stereocenters. The number of benzene rings is 2. The largest absolute Gasteiger partial charge is 0.463 e. The maximum absolute atomic E-state index is 12.6. The Hall–Kier alpha value is -2.59. The van der Waals surface area contributed by atoms with Gasteiger partial charge in [0.15, 0.2) is 0 Å². The number of para-hydroxylation sites is 1. The Balaban J connectivity index is 1.93. The van der Waals surface area contributed by atoms with Crippen LogP contribution in [0.15, 0.2) is 59.2 Å². The van der Waals surface area contributed by atoms with Gasteiger partial charge in [-0.15, -0.1) is 0 Å². The molecule has 1 amide bonds. The van der Waals surface area contributed by atoms with Gasteiger partial charge >= 0.3 is 0 Å². The van der Waals surface area contributed by atoms with Gasteiger partial charge in [-0.2, -0.15) is 0 Å². The average Bonchev–Trinajstić information content (AvgIpc) is 2.97.